The Morgan fingerprint density at radius 3 is 2.70 bits per heavy atom. The molecule has 3 rings (SSSR count). The molecule has 1 heterocycles. The summed E-state index contributed by atoms with van der Waals surface area (Å²) in [5.74, 6) is 0.614. The number of amides is 1. The van der Waals surface area contributed by atoms with Gasteiger partial charge in [0.25, 0.3) is 0 Å². The molecule has 27 heavy (non-hydrogen) atoms. The van der Waals surface area contributed by atoms with Crippen molar-refractivity contribution in [3.05, 3.63) is 57.6 Å². The zero-order chi connectivity index (χ0) is 19.4. The lowest BCUT2D eigenvalue weighted by molar-refractivity contribution is -0.121. The van der Waals surface area contributed by atoms with Gasteiger partial charge in [-0.2, -0.15) is 0 Å². The van der Waals surface area contributed by atoms with E-state index in [2.05, 4.69) is 10.2 Å². The highest BCUT2D eigenvalue weighted by Gasteiger charge is 2.27. The van der Waals surface area contributed by atoms with Gasteiger partial charge in [-0.25, -0.2) is 0 Å². The van der Waals surface area contributed by atoms with E-state index in [9.17, 15) is 4.79 Å². The van der Waals surface area contributed by atoms with Crippen molar-refractivity contribution in [2.45, 2.75) is 26.3 Å². The Hall–Kier alpha value is -1.75. The van der Waals surface area contributed by atoms with Crippen molar-refractivity contribution in [3.63, 3.8) is 0 Å². The highest BCUT2D eigenvalue weighted by molar-refractivity contribution is 6.35. The topological polar surface area (TPSA) is 41.6 Å². The van der Waals surface area contributed by atoms with Crippen LogP contribution in [0.1, 0.15) is 24.0 Å². The second-order valence-electron chi connectivity index (χ2n) is 6.97. The van der Waals surface area contributed by atoms with Crippen molar-refractivity contribution in [2.24, 2.45) is 5.92 Å². The number of benzene rings is 2. The third-order valence-corrected chi connectivity index (χ3v) is 5.64. The van der Waals surface area contributed by atoms with Crippen molar-refractivity contribution >= 4 is 34.8 Å². The normalized spacial score (nSPS) is 17.6. The number of methoxy groups -OCH3 is 1. The first kappa shape index (κ1) is 20.0. The average molecular weight is 407 g/mol. The third kappa shape index (κ3) is 4.95. The molecule has 1 aliphatic heterocycles. The molecule has 0 unspecified atom stereocenters. The van der Waals surface area contributed by atoms with Crippen LogP contribution in [-0.2, 0) is 11.3 Å². The van der Waals surface area contributed by atoms with E-state index in [0.717, 1.165) is 30.5 Å². The van der Waals surface area contributed by atoms with Crippen LogP contribution < -0.4 is 10.1 Å². The average Bonchev–Trinajstić information content (AvgIpc) is 2.65. The highest BCUT2D eigenvalue weighted by atomic mass is 35.5. The molecule has 2 aromatic rings. The van der Waals surface area contributed by atoms with Gasteiger partial charge >= 0.3 is 0 Å². The van der Waals surface area contributed by atoms with Crippen molar-refractivity contribution < 1.29 is 9.53 Å². The molecule has 1 saturated heterocycles. The standard InChI is InChI=1S/C21H24Cl2N2O2/c1-14-8-9-20(27-2)19(11-14)24-21(26)15-5-4-10-25(12-15)13-16-17(22)6-3-7-18(16)23/h3,6-9,11,15H,4-5,10,12-13H2,1-2H3,(H,24,26)/t15-/m1/s1. The summed E-state index contributed by atoms with van der Waals surface area (Å²) in [6, 6.07) is 11.3. The third-order valence-electron chi connectivity index (χ3n) is 4.93. The van der Waals surface area contributed by atoms with Crippen LogP contribution in [0.2, 0.25) is 10.0 Å². The largest absolute Gasteiger partial charge is 0.495 e. The molecule has 4 nitrogen and oxygen atoms in total. The number of halogens is 2. The summed E-state index contributed by atoms with van der Waals surface area (Å²) >= 11 is 12.6. The molecule has 0 bridgehead atoms. The number of nitrogens with one attached hydrogen (secondary N) is 1. The zero-order valence-electron chi connectivity index (χ0n) is 15.6. The maximum atomic E-state index is 12.8. The lowest BCUT2D eigenvalue weighted by Gasteiger charge is -2.32. The molecule has 2 aromatic carbocycles. The molecular formula is C21H24Cl2N2O2. The lowest BCUT2D eigenvalue weighted by atomic mass is 9.96. The van der Waals surface area contributed by atoms with Gasteiger partial charge in [-0.3, -0.25) is 9.69 Å². The van der Waals surface area contributed by atoms with E-state index in [1.54, 1.807) is 7.11 Å². The molecular weight excluding hydrogens is 383 g/mol. The van der Waals surface area contributed by atoms with E-state index >= 15 is 0 Å². The molecule has 0 aliphatic carbocycles. The van der Waals surface area contributed by atoms with Crippen LogP contribution in [0.25, 0.3) is 0 Å². The van der Waals surface area contributed by atoms with Gasteiger partial charge in [-0.05, 0) is 56.1 Å². The Bertz CT molecular complexity index is 806. The number of hydrogen-bond acceptors (Lipinski definition) is 3. The summed E-state index contributed by atoms with van der Waals surface area (Å²) < 4.78 is 5.36. The number of anilines is 1. The Morgan fingerprint density at radius 1 is 1.26 bits per heavy atom. The molecule has 1 aliphatic rings. The fourth-order valence-corrected chi connectivity index (χ4v) is 3.99. The number of piperidine rings is 1. The summed E-state index contributed by atoms with van der Waals surface area (Å²) in [6.07, 6.45) is 1.83. The van der Waals surface area contributed by atoms with Crippen LogP contribution in [0.15, 0.2) is 36.4 Å². The first-order valence-corrected chi connectivity index (χ1v) is 9.84. The first-order chi connectivity index (χ1) is 13.0. The van der Waals surface area contributed by atoms with Crippen LogP contribution in [0.3, 0.4) is 0 Å². The van der Waals surface area contributed by atoms with Crippen LogP contribution in [0.5, 0.6) is 5.75 Å². The van der Waals surface area contributed by atoms with Crippen molar-refractivity contribution in [1.29, 1.82) is 0 Å². The molecule has 1 atom stereocenters. The van der Waals surface area contributed by atoms with Gasteiger partial charge in [-0.15, -0.1) is 0 Å². The quantitative estimate of drug-likeness (QED) is 0.745. The van der Waals surface area contributed by atoms with Crippen molar-refractivity contribution in [2.75, 3.05) is 25.5 Å². The van der Waals surface area contributed by atoms with E-state index < -0.39 is 0 Å². The minimum absolute atomic E-state index is 0.0221. The minimum atomic E-state index is -0.0785. The summed E-state index contributed by atoms with van der Waals surface area (Å²) in [5.41, 5.74) is 2.71. The number of rotatable bonds is 5. The predicted octanol–water partition coefficient (Wildman–Crippen LogP) is 5.16. The smallest absolute Gasteiger partial charge is 0.228 e. The van der Waals surface area contributed by atoms with Gasteiger partial charge in [0, 0.05) is 28.7 Å². The van der Waals surface area contributed by atoms with Crippen LogP contribution >= 0.6 is 23.2 Å². The minimum Gasteiger partial charge on any atom is -0.495 e. The number of hydrogen-bond donors (Lipinski definition) is 1. The van der Waals surface area contributed by atoms with Crippen LogP contribution in [0.4, 0.5) is 5.69 Å². The van der Waals surface area contributed by atoms with E-state index in [1.807, 2.05) is 43.3 Å². The van der Waals surface area contributed by atoms with Crippen molar-refractivity contribution in [1.82, 2.24) is 4.90 Å². The summed E-state index contributed by atoms with van der Waals surface area (Å²) in [6.45, 7) is 4.25. The number of carbonyl (C=O) groups is 1. The number of nitrogens with zero attached hydrogens (tertiary/aromatic N) is 1. The van der Waals surface area contributed by atoms with Gasteiger partial charge in [0.15, 0.2) is 0 Å². The van der Waals surface area contributed by atoms with Gasteiger partial charge in [0.05, 0.1) is 18.7 Å². The Morgan fingerprint density at radius 2 is 2.00 bits per heavy atom. The summed E-state index contributed by atoms with van der Waals surface area (Å²) in [5, 5.41) is 4.37. The van der Waals surface area contributed by atoms with Crippen LogP contribution in [0, 0.1) is 12.8 Å². The van der Waals surface area contributed by atoms with E-state index in [1.165, 1.54) is 0 Å². The molecule has 1 amide bonds. The van der Waals surface area contributed by atoms with E-state index in [-0.39, 0.29) is 11.8 Å². The monoisotopic (exact) mass is 406 g/mol. The van der Waals surface area contributed by atoms with Crippen molar-refractivity contribution in [3.8, 4) is 5.75 Å². The van der Waals surface area contributed by atoms with Gasteiger partial charge in [-0.1, -0.05) is 35.3 Å². The number of carbonyl (C=O) groups excluding carboxylic acids is 1. The van der Waals surface area contributed by atoms with E-state index in [4.69, 9.17) is 27.9 Å². The highest BCUT2D eigenvalue weighted by Crippen LogP contribution is 2.29. The van der Waals surface area contributed by atoms with Gasteiger partial charge in [0.1, 0.15) is 5.75 Å². The number of likely N-dealkylation sites (tertiary alicyclic amines) is 1. The molecule has 1 fully saturated rings. The molecule has 0 radical (unpaired) electrons. The fraction of sp³-hybridized carbons (Fsp3) is 0.381. The predicted molar refractivity (Wildman–Crippen MR) is 111 cm³/mol. The molecule has 144 valence electrons. The first-order valence-electron chi connectivity index (χ1n) is 9.08. The maximum Gasteiger partial charge on any atom is 0.228 e. The van der Waals surface area contributed by atoms with Gasteiger partial charge in [0.2, 0.25) is 5.91 Å². The van der Waals surface area contributed by atoms with E-state index in [0.29, 0.717) is 34.6 Å². The second-order valence-corrected chi connectivity index (χ2v) is 7.78. The molecule has 0 aromatic heterocycles. The maximum absolute atomic E-state index is 12.8. The second kappa shape index (κ2) is 8.96. The summed E-state index contributed by atoms with van der Waals surface area (Å²) in [7, 11) is 1.61. The molecule has 1 N–H and O–H groups in total. The molecule has 0 saturated carbocycles. The number of aryl methyl sites for hydroxylation is 1. The van der Waals surface area contributed by atoms with Gasteiger partial charge < -0.3 is 10.1 Å². The van der Waals surface area contributed by atoms with Crippen LogP contribution in [-0.4, -0.2) is 31.0 Å². The Kier molecular flexibility index (Phi) is 6.64. The Balaban J connectivity index is 1.67. The fourth-order valence-electron chi connectivity index (χ4n) is 3.47. The number of ether oxygens (including phenoxy) is 1. The summed E-state index contributed by atoms with van der Waals surface area (Å²) in [4.78, 5) is 15.1. The molecule has 0 spiro atoms. The lowest BCUT2D eigenvalue weighted by Crippen LogP contribution is -2.40. The Labute approximate surface area is 170 Å². The SMILES string of the molecule is COc1ccc(C)cc1NC(=O)[C@@H]1CCCN(Cc2c(Cl)cccc2Cl)C1. The molecule has 6 heteroatoms. The zero-order valence-corrected chi connectivity index (χ0v) is 17.1.